The van der Waals surface area contributed by atoms with E-state index in [0.29, 0.717) is 39.0 Å². The van der Waals surface area contributed by atoms with Gasteiger partial charge in [0.05, 0.1) is 32.0 Å². The summed E-state index contributed by atoms with van der Waals surface area (Å²) in [4.78, 5) is 12.3. The fraction of sp³-hybridized carbons (Fsp3) is 0.667. The maximum absolute atomic E-state index is 12.8. The number of aliphatic hydroxyl groups excluding tert-OH is 1. The lowest BCUT2D eigenvalue weighted by atomic mass is 9.97. The van der Waals surface area contributed by atoms with Gasteiger partial charge in [-0.15, -0.1) is 0 Å². The minimum absolute atomic E-state index is 0.0000190. The number of amides is 1. The minimum Gasteiger partial charge on any atom is -0.495 e. The van der Waals surface area contributed by atoms with Crippen molar-refractivity contribution in [3.63, 3.8) is 0 Å². The van der Waals surface area contributed by atoms with Crippen molar-refractivity contribution in [3.05, 3.63) is 24.3 Å². The van der Waals surface area contributed by atoms with Crippen LogP contribution in [0, 0.1) is 5.92 Å². The van der Waals surface area contributed by atoms with Gasteiger partial charge in [0.1, 0.15) is 10.6 Å². The average Bonchev–Trinajstić information content (AvgIpc) is 2.80. The largest absolute Gasteiger partial charge is 0.495 e. The molecule has 1 aromatic carbocycles. The molecule has 10 heteroatoms. The van der Waals surface area contributed by atoms with Gasteiger partial charge in [0.15, 0.2) is 0 Å². The molecule has 3 N–H and O–H groups in total. The van der Waals surface area contributed by atoms with Gasteiger partial charge in [-0.1, -0.05) is 12.1 Å². The van der Waals surface area contributed by atoms with Crippen molar-refractivity contribution < 1.29 is 32.5 Å². The summed E-state index contributed by atoms with van der Waals surface area (Å²) in [5.41, 5.74) is 0. The Morgan fingerprint density at radius 2 is 1.94 bits per heavy atom. The smallest absolute Gasteiger partial charge is 0.244 e. The number of ether oxygens (including phenoxy) is 3. The van der Waals surface area contributed by atoms with E-state index in [9.17, 15) is 18.3 Å². The predicted octanol–water partition coefficient (Wildman–Crippen LogP) is 0.815. The number of hydrogen-bond donors (Lipinski definition) is 3. The molecule has 9 nitrogen and oxygen atoms in total. The molecular weight excluding hydrogens is 424 g/mol. The van der Waals surface area contributed by atoms with Crippen LogP contribution in [0.4, 0.5) is 0 Å². The Balaban J connectivity index is 1.50. The van der Waals surface area contributed by atoms with Crippen molar-refractivity contribution in [2.45, 2.75) is 55.2 Å². The van der Waals surface area contributed by atoms with E-state index in [1.165, 1.54) is 13.2 Å². The van der Waals surface area contributed by atoms with Gasteiger partial charge in [0.2, 0.25) is 15.9 Å². The first-order valence-electron chi connectivity index (χ1n) is 10.7. The second-order valence-electron chi connectivity index (χ2n) is 7.90. The Bertz CT molecular complexity index is 827. The fourth-order valence-corrected chi connectivity index (χ4v) is 5.51. The van der Waals surface area contributed by atoms with Gasteiger partial charge in [0.25, 0.3) is 0 Å². The lowest BCUT2D eigenvalue weighted by Crippen LogP contribution is -2.51. The van der Waals surface area contributed by atoms with Crippen molar-refractivity contribution in [1.82, 2.24) is 10.0 Å². The highest BCUT2D eigenvalue weighted by Gasteiger charge is 2.34. The number of rotatable bonds is 9. The zero-order valence-electron chi connectivity index (χ0n) is 17.8. The predicted molar refractivity (Wildman–Crippen MR) is 113 cm³/mol. The number of methoxy groups -OCH3 is 1. The normalized spacial score (nSPS) is 25.2. The first kappa shape index (κ1) is 23.9. The number of carbonyl (C=O) groups is 1. The molecule has 0 unspecified atom stereocenters. The number of sulfonamides is 1. The quantitative estimate of drug-likeness (QED) is 0.503. The van der Waals surface area contributed by atoms with Crippen LogP contribution in [0.15, 0.2) is 29.2 Å². The molecule has 0 saturated carbocycles. The molecule has 0 radical (unpaired) electrons. The zero-order chi connectivity index (χ0) is 22.3. The first-order valence-corrected chi connectivity index (χ1v) is 12.2. The minimum atomic E-state index is -3.84. The SMILES string of the molecule is COc1ccccc1S(=O)(=O)N[C@@H]1CC[C@H](CCNC(=O)C2CCOCC2)O[C@H]1CO. The highest BCUT2D eigenvalue weighted by Crippen LogP contribution is 2.26. The van der Waals surface area contributed by atoms with E-state index in [-0.39, 0.29) is 35.2 Å². The van der Waals surface area contributed by atoms with Crippen LogP contribution >= 0.6 is 0 Å². The molecule has 3 rings (SSSR count). The molecule has 31 heavy (non-hydrogen) atoms. The van der Waals surface area contributed by atoms with Crippen LogP contribution in [-0.2, 0) is 24.3 Å². The summed E-state index contributed by atoms with van der Waals surface area (Å²) in [5.74, 6) is 0.297. The van der Waals surface area contributed by atoms with Gasteiger partial charge in [-0.05, 0) is 44.2 Å². The lowest BCUT2D eigenvalue weighted by molar-refractivity contribution is -0.128. The van der Waals surface area contributed by atoms with E-state index >= 15 is 0 Å². The molecule has 2 heterocycles. The summed E-state index contributed by atoms with van der Waals surface area (Å²) in [7, 11) is -2.42. The lowest BCUT2D eigenvalue weighted by Gasteiger charge is -2.36. The Hall–Kier alpha value is -1.72. The van der Waals surface area contributed by atoms with E-state index < -0.39 is 22.2 Å². The number of nitrogens with one attached hydrogen (secondary N) is 2. The molecule has 0 bridgehead atoms. The molecule has 2 aliphatic rings. The highest BCUT2D eigenvalue weighted by molar-refractivity contribution is 7.89. The summed E-state index contributed by atoms with van der Waals surface area (Å²) >= 11 is 0. The number of hydrogen-bond acceptors (Lipinski definition) is 7. The zero-order valence-corrected chi connectivity index (χ0v) is 18.6. The molecule has 0 aliphatic carbocycles. The van der Waals surface area contributed by atoms with Crippen LogP contribution < -0.4 is 14.8 Å². The van der Waals surface area contributed by atoms with Crippen molar-refractivity contribution in [1.29, 1.82) is 0 Å². The van der Waals surface area contributed by atoms with E-state index in [1.807, 2.05) is 0 Å². The van der Waals surface area contributed by atoms with E-state index in [1.54, 1.807) is 18.2 Å². The Labute approximate surface area is 183 Å². The van der Waals surface area contributed by atoms with Gasteiger partial charge in [0, 0.05) is 25.7 Å². The van der Waals surface area contributed by atoms with E-state index in [4.69, 9.17) is 14.2 Å². The molecule has 0 spiro atoms. The molecule has 2 aliphatic heterocycles. The summed E-state index contributed by atoms with van der Waals surface area (Å²) in [6.07, 6.45) is 2.44. The summed E-state index contributed by atoms with van der Waals surface area (Å²) < 4.78 is 44.7. The van der Waals surface area contributed by atoms with Crippen LogP contribution in [0.25, 0.3) is 0 Å². The van der Waals surface area contributed by atoms with Crippen molar-refractivity contribution >= 4 is 15.9 Å². The summed E-state index contributed by atoms with van der Waals surface area (Å²) in [6, 6.07) is 5.84. The van der Waals surface area contributed by atoms with Crippen LogP contribution in [0.2, 0.25) is 0 Å². The van der Waals surface area contributed by atoms with Gasteiger partial charge in [-0.25, -0.2) is 13.1 Å². The number of aliphatic hydroxyl groups is 1. The Kier molecular flexibility index (Phi) is 8.67. The molecule has 174 valence electrons. The number of carbonyl (C=O) groups excluding carboxylic acids is 1. The molecule has 3 atom stereocenters. The maximum Gasteiger partial charge on any atom is 0.244 e. The monoisotopic (exact) mass is 456 g/mol. The maximum atomic E-state index is 12.8. The molecular formula is C21H32N2O7S. The third-order valence-electron chi connectivity index (χ3n) is 5.82. The van der Waals surface area contributed by atoms with Gasteiger partial charge in [-0.2, -0.15) is 0 Å². The molecule has 1 aromatic rings. The van der Waals surface area contributed by atoms with Crippen molar-refractivity contribution in [3.8, 4) is 5.75 Å². The third-order valence-corrected chi connectivity index (χ3v) is 7.35. The van der Waals surface area contributed by atoms with Crippen LogP contribution in [0.5, 0.6) is 5.75 Å². The summed E-state index contributed by atoms with van der Waals surface area (Å²) in [6.45, 7) is 1.42. The van der Waals surface area contributed by atoms with Crippen LogP contribution in [0.3, 0.4) is 0 Å². The molecule has 0 aromatic heterocycles. The number of benzene rings is 1. The topological polar surface area (TPSA) is 123 Å². The third kappa shape index (κ3) is 6.39. The van der Waals surface area contributed by atoms with Gasteiger partial charge < -0.3 is 24.6 Å². The van der Waals surface area contributed by atoms with Crippen molar-refractivity contribution in [2.75, 3.05) is 33.5 Å². The highest BCUT2D eigenvalue weighted by atomic mass is 32.2. The van der Waals surface area contributed by atoms with E-state index in [0.717, 1.165) is 12.8 Å². The van der Waals surface area contributed by atoms with E-state index in [2.05, 4.69) is 10.0 Å². The van der Waals surface area contributed by atoms with Gasteiger partial charge in [-0.3, -0.25) is 4.79 Å². The Morgan fingerprint density at radius 3 is 2.65 bits per heavy atom. The second kappa shape index (κ2) is 11.2. The Morgan fingerprint density at radius 1 is 1.19 bits per heavy atom. The molecule has 1 amide bonds. The standard InChI is InChI=1S/C21H32N2O7S/c1-28-18-4-2-3-5-20(18)31(26,27)23-17-7-6-16(30-19(17)14-24)8-11-22-21(25)15-9-12-29-13-10-15/h2-5,15-17,19,23-24H,6-14H2,1H3,(H,22,25)/t16-,17-,19+/m1/s1. The first-order chi connectivity index (χ1) is 14.9. The van der Waals surface area contributed by atoms with Crippen molar-refractivity contribution in [2.24, 2.45) is 5.92 Å². The van der Waals surface area contributed by atoms with Gasteiger partial charge >= 0.3 is 0 Å². The molecule has 2 saturated heterocycles. The average molecular weight is 457 g/mol. The summed E-state index contributed by atoms with van der Waals surface area (Å²) in [5, 5.41) is 12.7. The number of para-hydroxylation sites is 1. The van der Waals surface area contributed by atoms with Crippen LogP contribution in [0.1, 0.15) is 32.1 Å². The fourth-order valence-electron chi connectivity index (χ4n) is 4.04. The molecule has 2 fully saturated rings. The van der Waals surface area contributed by atoms with Crippen LogP contribution in [-0.4, -0.2) is 71.2 Å². The second-order valence-corrected chi connectivity index (χ2v) is 9.58.